The molecule has 0 fully saturated rings. The molecule has 0 radical (unpaired) electrons. The molecule has 0 aromatic heterocycles. The van der Waals surface area contributed by atoms with Crippen LogP contribution in [-0.4, -0.2) is 19.5 Å². The number of hydrogen-bond donors (Lipinski definition) is 1. The highest BCUT2D eigenvalue weighted by Gasteiger charge is 2.04. The molecule has 1 rings (SSSR count). The van der Waals surface area contributed by atoms with Gasteiger partial charge < -0.3 is 9.47 Å². The summed E-state index contributed by atoms with van der Waals surface area (Å²) < 4.78 is 10.5. The predicted octanol–water partition coefficient (Wildman–Crippen LogP) is 2.18. The van der Waals surface area contributed by atoms with E-state index >= 15 is 0 Å². The number of aryl methyl sites for hydroxylation is 1. The summed E-state index contributed by atoms with van der Waals surface area (Å²) in [5.74, 6) is 4.62. The van der Waals surface area contributed by atoms with E-state index in [4.69, 9.17) is 15.9 Å². The SMILES string of the molecule is C#CCOc1ccc(CCS)cc1OC. The molecule has 0 aliphatic carbocycles. The molecule has 1 aromatic carbocycles. The zero-order chi connectivity index (χ0) is 11.1. The lowest BCUT2D eigenvalue weighted by atomic mass is 10.1. The fraction of sp³-hybridized carbons (Fsp3) is 0.333. The van der Waals surface area contributed by atoms with Crippen LogP contribution in [0.2, 0.25) is 0 Å². The number of methoxy groups -OCH3 is 1. The minimum Gasteiger partial charge on any atom is -0.493 e. The normalized spacial score (nSPS) is 9.40. The maximum absolute atomic E-state index is 5.33. The van der Waals surface area contributed by atoms with Crippen molar-refractivity contribution in [2.45, 2.75) is 6.42 Å². The fourth-order valence-electron chi connectivity index (χ4n) is 1.24. The van der Waals surface area contributed by atoms with Crippen molar-refractivity contribution >= 4 is 12.6 Å². The number of benzene rings is 1. The number of hydrogen-bond acceptors (Lipinski definition) is 3. The van der Waals surface area contributed by atoms with E-state index in [1.54, 1.807) is 7.11 Å². The Morgan fingerprint density at radius 2 is 2.20 bits per heavy atom. The highest BCUT2D eigenvalue weighted by molar-refractivity contribution is 7.80. The van der Waals surface area contributed by atoms with Crippen molar-refractivity contribution in [1.29, 1.82) is 0 Å². The first-order chi connectivity index (χ1) is 7.31. The van der Waals surface area contributed by atoms with Crippen molar-refractivity contribution in [2.24, 2.45) is 0 Å². The quantitative estimate of drug-likeness (QED) is 0.608. The first kappa shape index (κ1) is 11.8. The van der Waals surface area contributed by atoms with Crippen LogP contribution >= 0.6 is 12.6 Å². The lowest BCUT2D eigenvalue weighted by Crippen LogP contribution is -1.97. The van der Waals surface area contributed by atoms with Gasteiger partial charge in [-0.25, -0.2) is 0 Å². The van der Waals surface area contributed by atoms with E-state index < -0.39 is 0 Å². The van der Waals surface area contributed by atoms with E-state index in [2.05, 4.69) is 18.5 Å². The Bertz CT molecular complexity index is 355. The van der Waals surface area contributed by atoms with Crippen molar-refractivity contribution in [3.05, 3.63) is 23.8 Å². The molecule has 3 heteroatoms. The second kappa shape index (κ2) is 6.26. The summed E-state index contributed by atoms with van der Waals surface area (Å²) in [6.45, 7) is 0.252. The average molecular weight is 222 g/mol. The molecule has 0 N–H and O–H groups in total. The van der Waals surface area contributed by atoms with Gasteiger partial charge in [0.1, 0.15) is 6.61 Å². The van der Waals surface area contributed by atoms with Gasteiger partial charge in [0.15, 0.2) is 11.5 Å². The highest BCUT2D eigenvalue weighted by atomic mass is 32.1. The standard InChI is InChI=1S/C12H14O2S/c1-3-7-14-11-5-4-10(6-8-15)9-12(11)13-2/h1,4-5,9,15H,6-8H2,2H3. The van der Waals surface area contributed by atoms with E-state index in [-0.39, 0.29) is 6.61 Å². The van der Waals surface area contributed by atoms with Crippen LogP contribution in [-0.2, 0) is 6.42 Å². The predicted molar refractivity (Wildman–Crippen MR) is 64.9 cm³/mol. The fourth-order valence-corrected chi connectivity index (χ4v) is 1.49. The van der Waals surface area contributed by atoms with Crippen molar-refractivity contribution in [1.82, 2.24) is 0 Å². The maximum Gasteiger partial charge on any atom is 0.162 e. The summed E-state index contributed by atoms with van der Waals surface area (Å²) in [6.07, 6.45) is 6.03. The third-order valence-electron chi connectivity index (χ3n) is 1.94. The number of ether oxygens (including phenoxy) is 2. The van der Waals surface area contributed by atoms with Crippen LogP contribution in [0.3, 0.4) is 0 Å². The molecule has 0 saturated carbocycles. The molecule has 0 aliphatic rings. The minimum atomic E-state index is 0.252. The van der Waals surface area contributed by atoms with Crippen molar-refractivity contribution in [3.8, 4) is 23.8 Å². The summed E-state index contributed by atoms with van der Waals surface area (Å²) >= 11 is 4.18. The van der Waals surface area contributed by atoms with Gasteiger partial charge in [0.25, 0.3) is 0 Å². The van der Waals surface area contributed by atoms with Crippen molar-refractivity contribution < 1.29 is 9.47 Å². The first-order valence-electron chi connectivity index (χ1n) is 4.66. The van der Waals surface area contributed by atoms with Gasteiger partial charge in [-0.3, -0.25) is 0 Å². The Hall–Kier alpha value is -1.27. The lowest BCUT2D eigenvalue weighted by Gasteiger charge is -2.10. The van der Waals surface area contributed by atoms with Gasteiger partial charge in [-0.1, -0.05) is 12.0 Å². The van der Waals surface area contributed by atoms with Crippen LogP contribution in [0.25, 0.3) is 0 Å². The van der Waals surface area contributed by atoms with Crippen LogP contribution in [0.4, 0.5) is 0 Å². The zero-order valence-corrected chi connectivity index (χ0v) is 9.59. The maximum atomic E-state index is 5.33. The second-order valence-corrected chi connectivity index (χ2v) is 3.40. The third-order valence-corrected chi connectivity index (χ3v) is 2.16. The molecule has 0 heterocycles. The Labute approximate surface area is 96.0 Å². The van der Waals surface area contributed by atoms with Crippen molar-refractivity contribution in [2.75, 3.05) is 19.5 Å². The van der Waals surface area contributed by atoms with E-state index in [0.717, 1.165) is 12.2 Å². The third kappa shape index (κ3) is 3.41. The van der Waals surface area contributed by atoms with Crippen molar-refractivity contribution in [3.63, 3.8) is 0 Å². The molecule has 0 aliphatic heterocycles. The van der Waals surface area contributed by atoms with Gasteiger partial charge in [0.05, 0.1) is 7.11 Å². The molecule has 1 aromatic rings. The van der Waals surface area contributed by atoms with Gasteiger partial charge >= 0.3 is 0 Å². The molecule has 0 saturated heterocycles. The molecule has 0 amide bonds. The lowest BCUT2D eigenvalue weighted by molar-refractivity contribution is 0.330. The smallest absolute Gasteiger partial charge is 0.162 e. The molecule has 15 heavy (non-hydrogen) atoms. The summed E-state index contributed by atoms with van der Waals surface area (Å²) in [5.41, 5.74) is 1.18. The van der Waals surface area contributed by atoms with Gasteiger partial charge in [-0.15, -0.1) is 6.42 Å². The summed E-state index contributed by atoms with van der Waals surface area (Å²) in [4.78, 5) is 0. The molecule has 2 nitrogen and oxygen atoms in total. The van der Waals surface area contributed by atoms with Gasteiger partial charge in [0, 0.05) is 0 Å². The van der Waals surface area contributed by atoms with Crippen LogP contribution in [0.1, 0.15) is 5.56 Å². The van der Waals surface area contributed by atoms with Gasteiger partial charge in [-0.05, 0) is 29.9 Å². The van der Waals surface area contributed by atoms with E-state index in [1.165, 1.54) is 5.56 Å². The number of rotatable bonds is 5. The number of thiol groups is 1. The minimum absolute atomic E-state index is 0.252. The van der Waals surface area contributed by atoms with Crippen LogP contribution < -0.4 is 9.47 Å². The van der Waals surface area contributed by atoms with Gasteiger partial charge in [-0.2, -0.15) is 12.6 Å². The molecular formula is C12H14O2S. The highest BCUT2D eigenvalue weighted by Crippen LogP contribution is 2.28. The molecule has 0 bridgehead atoms. The second-order valence-electron chi connectivity index (χ2n) is 2.95. The zero-order valence-electron chi connectivity index (χ0n) is 8.69. The first-order valence-corrected chi connectivity index (χ1v) is 5.29. The molecular weight excluding hydrogens is 208 g/mol. The summed E-state index contributed by atoms with van der Waals surface area (Å²) in [5, 5.41) is 0. The van der Waals surface area contributed by atoms with Gasteiger partial charge in [0.2, 0.25) is 0 Å². The average Bonchev–Trinajstić information content (AvgIpc) is 2.27. The summed E-state index contributed by atoms with van der Waals surface area (Å²) in [6, 6.07) is 5.81. The topological polar surface area (TPSA) is 18.5 Å². The summed E-state index contributed by atoms with van der Waals surface area (Å²) in [7, 11) is 1.61. The number of terminal acetylenes is 1. The van der Waals surface area contributed by atoms with Crippen LogP contribution in [0.5, 0.6) is 11.5 Å². The van der Waals surface area contributed by atoms with E-state index in [9.17, 15) is 0 Å². The molecule has 0 spiro atoms. The molecule has 0 unspecified atom stereocenters. The Morgan fingerprint density at radius 3 is 2.80 bits per heavy atom. The van der Waals surface area contributed by atoms with E-state index in [0.29, 0.717) is 11.5 Å². The molecule has 80 valence electrons. The molecule has 0 atom stereocenters. The monoisotopic (exact) mass is 222 g/mol. The van der Waals surface area contributed by atoms with Crippen LogP contribution in [0, 0.1) is 12.3 Å². The Balaban J connectivity index is 2.84. The largest absolute Gasteiger partial charge is 0.493 e. The Kier molecular flexibility index (Phi) is 4.92. The Morgan fingerprint density at radius 1 is 1.40 bits per heavy atom. The van der Waals surface area contributed by atoms with Crippen LogP contribution in [0.15, 0.2) is 18.2 Å². The van der Waals surface area contributed by atoms with E-state index in [1.807, 2.05) is 18.2 Å².